The summed E-state index contributed by atoms with van der Waals surface area (Å²) < 4.78 is 25.0. The van der Waals surface area contributed by atoms with Gasteiger partial charge < -0.3 is 10.2 Å². The minimum absolute atomic E-state index is 0.0361. The molecular formula is C29H30N2O4S. The molecule has 186 valence electrons. The van der Waals surface area contributed by atoms with Crippen molar-refractivity contribution >= 4 is 21.7 Å². The molecule has 0 aromatic heterocycles. The van der Waals surface area contributed by atoms with Gasteiger partial charge in [-0.1, -0.05) is 73.7 Å². The van der Waals surface area contributed by atoms with Crippen LogP contribution in [-0.2, 0) is 45.2 Å². The van der Waals surface area contributed by atoms with Gasteiger partial charge in [0.15, 0.2) is 9.84 Å². The third-order valence-corrected chi connectivity index (χ3v) is 8.60. The first kappa shape index (κ1) is 24.3. The number of piperazine rings is 1. The van der Waals surface area contributed by atoms with Crippen LogP contribution in [0.1, 0.15) is 40.8 Å². The molecule has 6 nitrogen and oxygen atoms in total. The van der Waals surface area contributed by atoms with Crippen molar-refractivity contribution in [3.63, 3.8) is 0 Å². The summed E-state index contributed by atoms with van der Waals surface area (Å²) in [7, 11) is -3.51. The predicted molar refractivity (Wildman–Crippen MR) is 138 cm³/mol. The smallest absolute Gasteiger partial charge is 0.248 e. The van der Waals surface area contributed by atoms with Crippen LogP contribution in [0.5, 0.6) is 0 Å². The number of hydrogen-bond acceptors (Lipinski definition) is 4. The number of nitrogens with zero attached hydrogens (tertiary/aromatic N) is 1. The van der Waals surface area contributed by atoms with Crippen molar-refractivity contribution in [1.82, 2.24) is 10.2 Å². The van der Waals surface area contributed by atoms with Gasteiger partial charge in [0, 0.05) is 12.8 Å². The van der Waals surface area contributed by atoms with Crippen LogP contribution < -0.4 is 5.32 Å². The Balaban J connectivity index is 1.56. The van der Waals surface area contributed by atoms with Crippen molar-refractivity contribution in [2.24, 2.45) is 5.92 Å². The molecule has 1 fully saturated rings. The van der Waals surface area contributed by atoms with E-state index in [4.69, 9.17) is 0 Å². The number of amides is 2. The van der Waals surface area contributed by atoms with E-state index in [1.807, 2.05) is 43.3 Å². The molecule has 1 aliphatic heterocycles. The van der Waals surface area contributed by atoms with E-state index in [1.165, 1.54) is 17.4 Å². The Morgan fingerprint density at radius 3 is 2.08 bits per heavy atom. The maximum absolute atomic E-state index is 14.1. The maximum Gasteiger partial charge on any atom is 0.248 e. The Bertz CT molecular complexity index is 1410. The van der Waals surface area contributed by atoms with E-state index in [9.17, 15) is 18.0 Å². The molecular weight excluding hydrogens is 472 g/mol. The first-order chi connectivity index (χ1) is 17.3. The average molecular weight is 503 g/mol. The van der Waals surface area contributed by atoms with Crippen molar-refractivity contribution < 1.29 is 18.0 Å². The van der Waals surface area contributed by atoms with E-state index in [-0.39, 0.29) is 29.2 Å². The molecule has 1 saturated heterocycles. The molecule has 0 unspecified atom stereocenters. The lowest BCUT2D eigenvalue weighted by Crippen LogP contribution is -2.61. The largest absolute Gasteiger partial charge is 0.342 e. The van der Waals surface area contributed by atoms with Gasteiger partial charge in [-0.2, -0.15) is 0 Å². The zero-order valence-corrected chi connectivity index (χ0v) is 21.3. The van der Waals surface area contributed by atoms with Crippen LogP contribution in [0.15, 0.2) is 77.7 Å². The number of carbonyl (C=O) groups excluding carboxylic acids is 2. The number of aryl methyl sites for hydroxylation is 1. The number of rotatable bonds is 6. The van der Waals surface area contributed by atoms with Crippen molar-refractivity contribution in [3.05, 3.63) is 101 Å². The van der Waals surface area contributed by atoms with Gasteiger partial charge in [-0.25, -0.2) is 8.42 Å². The average Bonchev–Trinajstić information content (AvgIpc) is 3.30. The Labute approximate surface area is 212 Å². The van der Waals surface area contributed by atoms with Gasteiger partial charge in [-0.05, 0) is 59.1 Å². The monoisotopic (exact) mass is 502 g/mol. The van der Waals surface area contributed by atoms with Gasteiger partial charge in [0.1, 0.15) is 12.1 Å². The van der Waals surface area contributed by atoms with Gasteiger partial charge in [0.05, 0.1) is 4.90 Å². The minimum Gasteiger partial charge on any atom is -0.342 e. The summed E-state index contributed by atoms with van der Waals surface area (Å²) in [5, 5.41) is 3.06. The van der Waals surface area contributed by atoms with Gasteiger partial charge in [0.25, 0.3) is 0 Å². The summed E-state index contributed by atoms with van der Waals surface area (Å²) in [4.78, 5) is 29.6. The molecule has 7 heteroatoms. The molecule has 0 saturated carbocycles. The lowest BCUT2D eigenvalue weighted by atomic mass is 9.88. The first-order valence-electron chi connectivity index (χ1n) is 12.3. The van der Waals surface area contributed by atoms with Gasteiger partial charge in [-0.3, -0.25) is 9.59 Å². The van der Waals surface area contributed by atoms with E-state index in [0.29, 0.717) is 12.0 Å². The molecule has 3 aromatic rings. The summed E-state index contributed by atoms with van der Waals surface area (Å²) in [6, 6.07) is 21.0. The van der Waals surface area contributed by atoms with E-state index in [2.05, 4.69) is 17.4 Å². The molecule has 2 aliphatic rings. The third kappa shape index (κ3) is 4.44. The van der Waals surface area contributed by atoms with E-state index < -0.39 is 21.9 Å². The number of carbonyl (C=O) groups is 2. The maximum atomic E-state index is 14.1. The van der Waals surface area contributed by atoms with Crippen LogP contribution in [0, 0.1) is 5.92 Å². The molecule has 2 amide bonds. The van der Waals surface area contributed by atoms with E-state index >= 15 is 0 Å². The highest BCUT2D eigenvalue weighted by atomic mass is 32.2. The summed E-state index contributed by atoms with van der Waals surface area (Å²) in [6.45, 7) is 2.05. The normalized spacial score (nSPS) is 20.3. The Hall–Kier alpha value is -3.45. The molecule has 0 radical (unpaired) electrons. The Morgan fingerprint density at radius 1 is 0.861 bits per heavy atom. The standard InChI is InChI=1S/C29H30N2O4S/c1-3-19-10-6-8-14-24(19)27-28(32)30-26(23-16-20-11-4-5-12-21(20)17-23)29(33)31(27)18-22-13-7-9-15-25(22)36(2,34)35/h4-15,23,26-27H,3,16-18H2,1-2H3,(H,30,32)/t26-,27-/m1/s1. The highest BCUT2D eigenvalue weighted by molar-refractivity contribution is 7.90. The first-order valence-corrected chi connectivity index (χ1v) is 14.2. The number of sulfone groups is 1. The molecule has 5 rings (SSSR count). The SMILES string of the molecule is CCc1ccccc1[C@@H]1C(=O)N[C@H](C2Cc3ccccc3C2)C(=O)N1Cc1ccccc1S(C)(=O)=O. The molecule has 1 aliphatic carbocycles. The molecule has 1 heterocycles. The fraction of sp³-hybridized carbons (Fsp3) is 0.310. The predicted octanol–water partition coefficient (Wildman–Crippen LogP) is 3.64. The molecule has 0 spiro atoms. The number of fused-ring (bicyclic) bond motifs is 1. The summed E-state index contributed by atoms with van der Waals surface area (Å²) in [5.74, 6) is -0.450. The summed E-state index contributed by atoms with van der Waals surface area (Å²) >= 11 is 0. The van der Waals surface area contributed by atoms with Crippen molar-refractivity contribution in [3.8, 4) is 0 Å². The molecule has 36 heavy (non-hydrogen) atoms. The quantitative estimate of drug-likeness (QED) is 0.558. The van der Waals surface area contributed by atoms with Crippen LogP contribution in [0.3, 0.4) is 0 Å². The minimum atomic E-state index is -3.51. The van der Waals surface area contributed by atoms with Crippen molar-refractivity contribution in [2.75, 3.05) is 6.26 Å². The van der Waals surface area contributed by atoms with Crippen LogP contribution in [0.2, 0.25) is 0 Å². The zero-order chi connectivity index (χ0) is 25.4. The van der Waals surface area contributed by atoms with Crippen LogP contribution in [0.4, 0.5) is 0 Å². The third-order valence-electron chi connectivity index (χ3n) is 7.40. The number of benzene rings is 3. The number of hydrogen-bond donors (Lipinski definition) is 1. The van der Waals surface area contributed by atoms with E-state index in [0.717, 1.165) is 24.0 Å². The second kappa shape index (κ2) is 9.54. The fourth-order valence-electron chi connectivity index (χ4n) is 5.67. The topological polar surface area (TPSA) is 83.6 Å². The molecule has 3 aromatic carbocycles. The number of nitrogens with one attached hydrogen (secondary N) is 1. The fourth-order valence-corrected chi connectivity index (χ4v) is 6.61. The molecule has 1 N–H and O–H groups in total. The summed E-state index contributed by atoms with van der Waals surface area (Å²) in [5.41, 5.74) is 4.68. The van der Waals surface area contributed by atoms with Crippen molar-refractivity contribution in [1.29, 1.82) is 0 Å². The van der Waals surface area contributed by atoms with Crippen molar-refractivity contribution in [2.45, 2.75) is 49.7 Å². The molecule has 2 atom stereocenters. The van der Waals surface area contributed by atoms with Crippen LogP contribution in [0.25, 0.3) is 0 Å². The van der Waals surface area contributed by atoms with Gasteiger partial charge in [-0.15, -0.1) is 0 Å². The second-order valence-electron chi connectivity index (χ2n) is 9.72. The Kier molecular flexibility index (Phi) is 6.43. The highest BCUT2D eigenvalue weighted by Crippen LogP contribution is 2.36. The highest BCUT2D eigenvalue weighted by Gasteiger charge is 2.46. The Morgan fingerprint density at radius 2 is 1.44 bits per heavy atom. The molecule has 0 bridgehead atoms. The van der Waals surface area contributed by atoms with Gasteiger partial charge in [0.2, 0.25) is 11.8 Å². The lowest BCUT2D eigenvalue weighted by molar-refractivity contribution is -0.152. The van der Waals surface area contributed by atoms with E-state index in [1.54, 1.807) is 29.2 Å². The second-order valence-corrected chi connectivity index (χ2v) is 11.7. The lowest BCUT2D eigenvalue weighted by Gasteiger charge is -2.41. The van der Waals surface area contributed by atoms with Crippen LogP contribution >= 0.6 is 0 Å². The zero-order valence-electron chi connectivity index (χ0n) is 20.5. The van der Waals surface area contributed by atoms with Crippen LogP contribution in [-0.4, -0.2) is 37.4 Å². The summed E-state index contributed by atoms with van der Waals surface area (Å²) in [6.07, 6.45) is 3.32. The van der Waals surface area contributed by atoms with Gasteiger partial charge >= 0.3 is 0 Å².